The van der Waals surface area contributed by atoms with E-state index in [1.807, 2.05) is 0 Å². The minimum Gasteiger partial charge on any atom is -0.460 e. The van der Waals surface area contributed by atoms with E-state index in [2.05, 4.69) is 5.32 Å². The smallest absolute Gasteiger partial charge is 0.337 e. The summed E-state index contributed by atoms with van der Waals surface area (Å²) >= 11 is 0. The summed E-state index contributed by atoms with van der Waals surface area (Å²) in [5.74, 6) is -2.84. The fraction of sp³-hybridized carbons (Fsp3) is 0.538. The van der Waals surface area contributed by atoms with Gasteiger partial charge in [0.2, 0.25) is 0 Å². The number of carbonyl (C=O) groups excluding carboxylic acids is 2. The largest absolute Gasteiger partial charge is 0.460 e. The number of ether oxygens (including phenoxy) is 4. The number of rotatable bonds is 10. The molecule has 0 saturated carbocycles. The van der Waals surface area contributed by atoms with Gasteiger partial charge in [-0.15, -0.1) is 0 Å². The third-order valence-electron chi connectivity index (χ3n) is 6.43. The molecule has 2 aliphatic rings. The Morgan fingerprint density at radius 1 is 1.02 bits per heavy atom. The number of benzene rings is 1. The van der Waals surface area contributed by atoms with Crippen LogP contribution < -0.4 is 5.32 Å². The van der Waals surface area contributed by atoms with Gasteiger partial charge in [0.25, 0.3) is 5.69 Å². The Hall–Kier alpha value is -3.40. The first-order chi connectivity index (χ1) is 18.9. The fourth-order valence-corrected chi connectivity index (χ4v) is 4.60. The number of nitro groups is 1. The Labute approximate surface area is 229 Å². The van der Waals surface area contributed by atoms with Crippen LogP contribution in [0.15, 0.2) is 46.8 Å². The average molecular weight is 567 g/mol. The quantitative estimate of drug-likeness (QED) is 0.111. The molecule has 1 aromatic carbocycles. The summed E-state index contributed by atoms with van der Waals surface area (Å²) in [4.78, 5) is 37.8. The van der Waals surface area contributed by atoms with E-state index in [-0.39, 0.29) is 35.6 Å². The van der Waals surface area contributed by atoms with E-state index in [0.717, 1.165) is 0 Å². The molecular formula is C26H34N2O12. The number of nitro benzene ring substituents is 1. The molecule has 0 radical (unpaired) electrons. The second-order valence-corrected chi connectivity index (χ2v) is 9.61. The molecule has 5 N–H and O–H groups in total. The van der Waals surface area contributed by atoms with Crippen LogP contribution in [0.1, 0.15) is 39.2 Å². The maximum atomic E-state index is 13.4. The predicted octanol–water partition coefficient (Wildman–Crippen LogP) is 0.141. The molecule has 2 heterocycles. The first-order valence-corrected chi connectivity index (χ1v) is 12.6. The Bertz CT molecular complexity index is 1180. The number of nitrogens with zero attached hydrogens (tertiary/aromatic N) is 1. The van der Waals surface area contributed by atoms with Crippen molar-refractivity contribution in [3.05, 3.63) is 62.5 Å². The minimum absolute atomic E-state index is 0.0121. The van der Waals surface area contributed by atoms with Crippen molar-refractivity contribution in [1.29, 1.82) is 0 Å². The predicted molar refractivity (Wildman–Crippen MR) is 136 cm³/mol. The number of dihydropyridines is 1. The highest BCUT2D eigenvalue weighted by Gasteiger charge is 2.44. The topological polar surface area (TPSA) is 207 Å². The lowest BCUT2D eigenvalue weighted by molar-refractivity contribution is -0.385. The van der Waals surface area contributed by atoms with E-state index in [9.17, 15) is 40.1 Å². The van der Waals surface area contributed by atoms with Crippen LogP contribution in [0.4, 0.5) is 5.69 Å². The molecule has 0 aliphatic carbocycles. The molecule has 0 bridgehead atoms. The van der Waals surface area contributed by atoms with Crippen LogP contribution in [0.3, 0.4) is 0 Å². The van der Waals surface area contributed by atoms with E-state index < -0.39 is 66.2 Å². The summed E-state index contributed by atoms with van der Waals surface area (Å²) in [6.07, 6.45) is -7.92. The van der Waals surface area contributed by atoms with Crippen molar-refractivity contribution in [2.24, 2.45) is 0 Å². The zero-order valence-corrected chi connectivity index (χ0v) is 22.5. The maximum absolute atomic E-state index is 13.4. The molecular weight excluding hydrogens is 532 g/mol. The first-order valence-electron chi connectivity index (χ1n) is 12.6. The number of hydrogen-bond acceptors (Lipinski definition) is 13. The average Bonchev–Trinajstić information content (AvgIpc) is 2.89. The molecule has 0 aromatic heterocycles. The van der Waals surface area contributed by atoms with E-state index in [0.29, 0.717) is 11.4 Å². The van der Waals surface area contributed by atoms with Gasteiger partial charge in [0.1, 0.15) is 31.0 Å². The molecule has 1 saturated heterocycles. The minimum atomic E-state index is -1.64. The Morgan fingerprint density at radius 3 is 2.25 bits per heavy atom. The fourth-order valence-electron chi connectivity index (χ4n) is 4.60. The van der Waals surface area contributed by atoms with E-state index in [4.69, 9.17) is 18.9 Å². The van der Waals surface area contributed by atoms with Gasteiger partial charge in [-0.3, -0.25) is 10.1 Å². The summed E-state index contributed by atoms with van der Waals surface area (Å²) in [6, 6.07) is 5.74. The highest BCUT2D eigenvalue weighted by molar-refractivity contribution is 6.00. The van der Waals surface area contributed by atoms with Crippen LogP contribution in [-0.2, 0) is 28.5 Å². The van der Waals surface area contributed by atoms with Crippen LogP contribution >= 0.6 is 0 Å². The second kappa shape index (κ2) is 13.3. The number of esters is 2. The second-order valence-electron chi connectivity index (χ2n) is 9.61. The highest BCUT2D eigenvalue weighted by Crippen LogP contribution is 2.42. The molecule has 3 rings (SSSR count). The molecule has 6 atom stereocenters. The van der Waals surface area contributed by atoms with Gasteiger partial charge in [0.15, 0.2) is 6.29 Å². The summed E-state index contributed by atoms with van der Waals surface area (Å²) in [6.45, 7) is 5.13. The molecule has 1 aromatic rings. The van der Waals surface area contributed by atoms with Crippen molar-refractivity contribution < 1.29 is 53.9 Å². The number of aliphatic hydroxyl groups excluding tert-OH is 4. The van der Waals surface area contributed by atoms with Gasteiger partial charge in [0.05, 0.1) is 41.3 Å². The maximum Gasteiger partial charge on any atom is 0.337 e. The van der Waals surface area contributed by atoms with Crippen LogP contribution in [0.2, 0.25) is 0 Å². The van der Waals surface area contributed by atoms with Gasteiger partial charge < -0.3 is 44.7 Å². The van der Waals surface area contributed by atoms with Crippen LogP contribution in [0.25, 0.3) is 0 Å². The Morgan fingerprint density at radius 2 is 1.65 bits per heavy atom. The number of para-hydroxylation sites is 1. The normalized spacial score (nSPS) is 26.9. The third-order valence-corrected chi connectivity index (χ3v) is 6.43. The molecule has 2 aliphatic heterocycles. The lowest BCUT2D eigenvalue weighted by atomic mass is 9.79. The summed E-state index contributed by atoms with van der Waals surface area (Å²) in [7, 11) is 0. The van der Waals surface area contributed by atoms with Crippen LogP contribution in [-0.4, -0.2) is 93.9 Å². The standard InChI is InChI=1S/C26H34N2O12/c1-12(2)39-25(34)19-14(4)27-13(3)18(20(19)15-7-5-6-8-16(15)28(35)36)24(33)37-9-10-38-26-23(32)22(31)21(30)17(11-29)40-26/h5-8,12,17,20-23,26-27,29-32H,9-11H2,1-4H3/t17-,20?,21+,22+,23-,26-/m1/s1. The summed E-state index contributed by atoms with van der Waals surface area (Å²) in [5.41, 5.74) is 0.408. The van der Waals surface area contributed by atoms with Crippen LogP contribution in [0.5, 0.6) is 0 Å². The summed E-state index contributed by atoms with van der Waals surface area (Å²) in [5, 5.41) is 54.0. The first kappa shape index (κ1) is 31.1. The molecule has 1 fully saturated rings. The third kappa shape index (κ3) is 6.66. The molecule has 220 valence electrons. The Balaban J connectivity index is 1.84. The number of allylic oxidation sites excluding steroid dienone is 2. The number of carbonyl (C=O) groups is 2. The van der Waals surface area contributed by atoms with Crippen molar-refractivity contribution in [3.8, 4) is 0 Å². The van der Waals surface area contributed by atoms with Crippen LogP contribution in [0, 0.1) is 10.1 Å². The van der Waals surface area contributed by atoms with Gasteiger partial charge in [-0.2, -0.15) is 0 Å². The van der Waals surface area contributed by atoms with E-state index >= 15 is 0 Å². The van der Waals surface area contributed by atoms with Crippen molar-refractivity contribution in [2.75, 3.05) is 19.8 Å². The zero-order chi connectivity index (χ0) is 29.7. The molecule has 0 spiro atoms. The van der Waals surface area contributed by atoms with Crippen molar-refractivity contribution in [2.45, 2.75) is 70.4 Å². The lowest BCUT2D eigenvalue weighted by Gasteiger charge is -2.39. The van der Waals surface area contributed by atoms with Gasteiger partial charge in [-0.25, -0.2) is 9.59 Å². The summed E-state index contributed by atoms with van der Waals surface area (Å²) < 4.78 is 21.4. The van der Waals surface area contributed by atoms with Crippen molar-refractivity contribution >= 4 is 17.6 Å². The highest BCUT2D eigenvalue weighted by atomic mass is 16.7. The molecule has 0 amide bonds. The number of aliphatic hydroxyl groups is 4. The van der Waals surface area contributed by atoms with Crippen molar-refractivity contribution in [3.63, 3.8) is 0 Å². The van der Waals surface area contributed by atoms with Gasteiger partial charge in [-0.1, -0.05) is 18.2 Å². The SMILES string of the molecule is CC1=C(C(=O)OCCO[C@@H]2O[C@H](CO)[C@H](O)[C@H](O)[C@H]2O)C(c2ccccc2[N+](=O)[O-])C(C(=O)OC(C)C)=C(C)N1. The zero-order valence-electron chi connectivity index (χ0n) is 22.5. The van der Waals surface area contributed by atoms with Gasteiger partial charge in [0, 0.05) is 23.0 Å². The van der Waals surface area contributed by atoms with E-state index in [1.54, 1.807) is 33.8 Å². The number of hydrogen-bond donors (Lipinski definition) is 5. The van der Waals surface area contributed by atoms with E-state index in [1.165, 1.54) is 18.2 Å². The Kier molecular flexibility index (Phi) is 10.4. The monoisotopic (exact) mass is 566 g/mol. The molecule has 1 unspecified atom stereocenters. The van der Waals surface area contributed by atoms with Gasteiger partial charge >= 0.3 is 11.9 Å². The number of nitrogens with one attached hydrogen (secondary N) is 1. The van der Waals surface area contributed by atoms with Gasteiger partial charge in [-0.05, 0) is 27.7 Å². The van der Waals surface area contributed by atoms with Crippen molar-refractivity contribution in [1.82, 2.24) is 5.32 Å². The molecule has 14 nitrogen and oxygen atoms in total. The molecule has 14 heteroatoms. The molecule has 40 heavy (non-hydrogen) atoms. The lowest BCUT2D eigenvalue weighted by Crippen LogP contribution is -2.59.